The first-order chi connectivity index (χ1) is 6.65. The maximum Gasteiger partial charge on any atom is 0.221 e. The SMILES string of the molecule is C[S@@](=O)c1nc(Cl)cc(NC2CC2)n1. The standard InChI is InChI=1S/C8H10ClN3OS/c1-14(13)8-11-6(9)4-7(12-8)10-5-2-3-5/h4-5H,2-3H2,1H3,(H,10,11,12)/t14-/m1/s1. The van der Waals surface area contributed by atoms with Crippen molar-refractivity contribution >= 4 is 28.2 Å². The largest absolute Gasteiger partial charge is 0.367 e. The van der Waals surface area contributed by atoms with Gasteiger partial charge in [0.25, 0.3) is 0 Å². The zero-order chi connectivity index (χ0) is 10.1. The van der Waals surface area contributed by atoms with Gasteiger partial charge in [0, 0.05) is 18.4 Å². The molecule has 1 N–H and O–H groups in total. The van der Waals surface area contributed by atoms with Crippen LogP contribution >= 0.6 is 11.6 Å². The van der Waals surface area contributed by atoms with E-state index in [4.69, 9.17) is 11.6 Å². The van der Waals surface area contributed by atoms with Gasteiger partial charge in [0.1, 0.15) is 11.0 Å². The van der Waals surface area contributed by atoms with Gasteiger partial charge in [0.15, 0.2) is 0 Å². The molecule has 0 spiro atoms. The summed E-state index contributed by atoms with van der Waals surface area (Å²) in [4.78, 5) is 7.98. The van der Waals surface area contributed by atoms with Crippen molar-refractivity contribution in [2.45, 2.75) is 24.0 Å². The molecule has 4 nitrogen and oxygen atoms in total. The number of hydrogen-bond donors (Lipinski definition) is 1. The van der Waals surface area contributed by atoms with Crippen LogP contribution < -0.4 is 5.32 Å². The number of rotatable bonds is 3. The van der Waals surface area contributed by atoms with Crippen molar-refractivity contribution in [3.8, 4) is 0 Å². The van der Waals surface area contributed by atoms with Crippen LogP contribution in [0.25, 0.3) is 0 Å². The molecule has 2 rings (SSSR count). The quantitative estimate of drug-likeness (QED) is 0.632. The lowest BCUT2D eigenvalue weighted by Crippen LogP contribution is -2.06. The predicted molar refractivity (Wildman–Crippen MR) is 56.0 cm³/mol. The van der Waals surface area contributed by atoms with Gasteiger partial charge in [-0.2, -0.15) is 0 Å². The fourth-order valence-corrected chi connectivity index (χ4v) is 1.72. The van der Waals surface area contributed by atoms with Crippen molar-refractivity contribution in [1.29, 1.82) is 0 Å². The fraction of sp³-hybridized carbons (Fsp3) is 0.500. The Labute approximate surface area is 89.6 Å². The summed E-state index contributed by atoms with van der Waals surface area (Å²) in [6, 6.07) is 2.15. The minimum Gasteiger partial charge on any atom is -0.367 e. The third kappa shape index (κ3) is 2.42. The highest BCUT2D eigenvalue weighted by atomic mass is 35.5. The number of hydrogen-bond acceptors (Lipinski definition) is 4. The molecule has 0 aliphatic heterocycles. The second kappa shape index (κ2) is 3.82. The second-order valence-corrected chi connectivity index (χ2v) is 4.89. The highest BCUT2D eigenvalue weighted by Crippen LogP contribution is 2.24. The predicted octanol–water partition coefficient (Wildman–Crippen LogP) is 1.44. The van der Waals surface area contributed by atoms with Gasteiger partial charge >= 0.3 is 0 Å². The summed E-state index contributed by atoms with van der Waals surface area (Å²) < 4.78 is 11.2. The van der Waals surface area contributed by atoms with Crippen molar-refractivity contribution in [2.75, 3.05) is 11.6 Å². The van der Waals surface area contributed by atoms with Gasteiger partial charge in [-0.05, 0) is 12.8 Å². The molecule has 0 aromatic carbocycles. The topological polar surface area (TPSA) is 54.9 Å². The lowest BCUT2D eigenvalue weighted by Gasteiger charge is -2.04. The van der Waals surface area contributed by atoms with E-state index in [9.17, 15) is 4.21 Å². The third-order valence-corrected chi connectivity index (χ3v) is 2.75. The molecule has 1 heterocycles. The van der Waals surface area contributed by atoms with E-state index in [0.717, 1.165) is 12.8 Å². The highest BCUT2D eigenvalue weighted by molar-refractivity contribution is 7.84. The Bertz CT molecular complexity index is 381. The molecule has 0 amide bonds. The number of nitrogens with zero attached hydrogens (tertiary/aromatic N) is 2. The molecule has 0 bridgehead atoms. The Morgan fingerprint density at radius 3 is 2.86 bits per heavy atom. The molecule has 1 aromatic rings. The number of nitrogens with one attached hydrogen (secondary N) is 1. The maximum absolute atomic E-state index is 11.2. The molecule has 1 aromatic heterocycles. The third-order valence-electron chi connectivity index (χ3n) is 1.86. The van der Waals surface area contributed by atoms with Crippen LogP contribution in [0.5, 0.6) is 0 Å². The minimum atomic E-state index is -1.19. The van der Waals surface area contributed by atoms with E-state index in [1.807, 2.05) is 0 Å². The average molecular weight is 232 g/mol. The van der Waals surface area contributed by atoms with Crippen LogP contribution in [-0.4, -0.2) is 26.5 Å². The number of halogens is 1. The smallest absolute Gasteiger partial charge is 0.221 e. The molecule has 1 fully saturated rings. The Hall–Kier alpha value is -0.680. The van der Waals surface area contributed by atoms with Gasteiger partial charge in [0.2, 0.25) is 5.16 Å². The van der Waals surface area contributed by atoms with Crippen molar-refractivity contribution < 1.29 is 4.21 Å². The first kappa shape index (κ1) is 9.86. The van der Waals surface area contributed by atoms with Gasteiger partial charge in [-0.3, -0.25) is 4.21 Å². The summed E-state index contributed by atoms with van der Waals surface area (Å²) in [5.74, 6) is 0.665. The van der Waals surface area contributed by atoms with E-state index in [1.54, 1.807) is 6.07 Å². The fourth-order valence-electron chi connectivity index (χ4n) is 1.04. The molecule has 6 heteroatoms. The molecule has 0 saturated heterocycles. The summed E-state index contributed by atoms with van der Waals surface area (Å²) in [5.41, 5.74) is 0. The second-order valence-electron chi connectivity index (χ2n) is 3.23. The van der Waals surface area contributed by atoms with Gasteiger partial charge in [-0.15, -0.1) is 0 Å². The summed E-state index contributed by atoms with van der Waals surface area (Å²) in [7, 11) is -1.19. The lowest BCUT2D eigenvalue weighted by molar-refractivity contribution is 0.679. The number of anilines is 1. The first-order valence-corrected chi connectivity index (χ1v) is 6.23. The van der Waals surface area contributed by atoms with Crippen molar-refractivity contribution in [1.82, 2.24) is 9.97 Å². The van der Waals surface area contributed by atoms with Gasteiger partial charge < -0.3 is 5.32 Å². The van der Waals surface area contributed by atoms with Crippen LogP contribution in [0.15, 0.2) is 11.2 Å². The normalized spacial score (nSPS) is 17.9. The Balaban J connectivity index is 2.25. The minimum absolute atomic E-state index is 0.278. The van der Waals surface area contributed by atoms with E-state index < -0.39 is 10.8 Å². The van der Waals surface area contributed by atoms with E-state index in [2.05, 4.69) is 15.3 Å². The van der Waals surface area contributed by atoms with Crippen molar-refractivity contribution in [2.24, 2.45) is 0 Å². The zero-order valence-corrected chi connectivity index (χ0v) is 9.23. The molecular weight excluding hydrogens is 222 g/mol. The molecular formula is C8H10ClN3OS. The Morgan fingerprint density at radius 2 is 2.29 bits per heavy atom. The van der Waals surface area contributed by atoms with Crippen molar-refractivity contribution in [3.05, 3.63) is 11.2 Å². The molecule has 76 valence electrons. The lowest BCUT2D eigenvalue weighted by atomic mass is 10.5. The van der Waals surface area contributed by atoms with E-state index in [0.29, 0.717) is 17.0 Å². The summed E-state index contributed by atoms with van der Waals surface area (Å²) in [6.45, 7) is 0. The Kier molecular flexibility index (Phi) is 2.69. The monoisotopic (exact) mass is 231 g/mol. The molecule has 1 aliphatic carbocycles. The maximum atomic E-state index is 11.2. The zero-order valence-electron chi connectivity index (χ0n) is 7.66. The first-order valence-electron chi connectivity index (χ1n) is 4.29. The molecule has 1 aliphatic rings. The van der Waals surface area contributed by atoms with Gasteiger partial charge in [0.05, 0.1) is 10.8 Å². The van der Waals surface area contributed by atoms with E-state index in [1.165, 1.54) is 6.26 Å². The summed E-state index contributed by atoms with van der Waals surface area (Å²) in [5, 5.41) is 3.79. The summed E-state index contributed by atoms with van der Waals surface area (Å²) in [6.07, 6.45) is 3.85. The van der Waals surface area contributed by atoms with Crippen LogP contribution in [-0.2, 0) is 10.8 Å². The molecule has 0 unspecified atom stereocenters. The molecule has 1 atom stereocenters. The van der Waals surface area contributed by atoms with Crippen LogP contribution in [0.2, 0.25) is 5.15 Å². The molecule has 0 radical (unpaired) electrons. The number of aromatic nitrogens is 2. The van der Waals surface area contributed by atoms with Crippen LogP contribution in [0.3, 0.4) is 0 Å². The van der Waals surface area contributed by atoms with Crippen LogP contribution in [0.1, 0.15) is 12.8 Å². The van der Waals surface area contributed by atoms with Crippen molar-refractivity contribution in [3.63, 3.8) is 0 Å². The van der Waals surface area contributed by atoms with Crippen LogP contribution in [0, 0.1) is 0 Å². The average Bonchev–Trinajstić information content (AvgIpc) is 2.87. The van der Waals surface area contributed by atoms with Crippen LogP contribution in [0.4, 0.5) is 5.82 Å². The van der Waals surface area contributed by atoms with Gasteiger partial charge in [-0.1, -0.05) is 11.6 Å². The van der Waals surface area contributed by atoms with E-state index >= 15 is 0 Å². The van der Waals surface area contributed by atoms with Gasteiger partial charge in [-0.25, -0.2) is 9.97 Å². The summed E-state index contributed by atoms with van der Waals surface area (Å²) >= 11 is 5.77. The molecule has 14 heavy (non-hydrogen) atoms. The highest BCUT2D eigenvalue weighted by Gasteiger charge is 2.21. The van der Waals surface area contributed by atoms with E-state index in [-0.39, 0.29) is 5.16 Å². The molecule has 1 saturated carbocycles. The Morgan fingerprint density at radius 1 is 1.57 bits per heavy atom.